The van der Waals surface area contributed by atoms with Gasteiger partial charge in [0.25, 0.3) is 5.56 Å². The minimum Gasteiger partial charge on any atom is -0.497 e. The number of aromatic nitrogens is 2. The molecule has 3 aromatic carbocycles. The topological polar surface area (TPSA) is 79.7 Å². The number of ether oxygens (including phenoxy) is 1. The number of piperazine rings is 1. The van der Waals surface area contributed by atoms with E-state index < -0.39 is 0 Å². The molecule has 3 atom stereocenters. The van der Waals surface area contributed by atoms with Crippen molar-refractivity contribution in [2.45, 2.75) is 80.2 Å². The Morgan fingerprint density at radius 3 is 2.28 bits per heavy atom. The molecule has 4 aromatic rings. The molecule has 0 radical (unpaired) electrons. The second kappa shape index (κ2) is 17.4. The number of carbonyl (C=O) groups is 1. The molecule has 3 saturated carbocycles. The monoisotopic (exact) mass is 723 g/mol. The van der Waals surface area contributed by atoms with Gasteiger partial charge in [0.05, 0.1) is 30.2 Å². The van der Waals surface area contributed by atoms with Gasteiger partial charge in [-0.25, -0.2) is 9.37 Å². The van der Waals surface area contributed by atoms with E-state index in [1.807, 2.05) is 36.4 Å². The van der Waals surface area contributed by atoms with Gasteiger partial charge in [-0.3, -0.25) is 14.2 Å². The maximum Gasteiger partial charge on any atom is 0.261 e. The number of halogens is 1. The van der Waals surface area contributed by atoms with Crippen LogP contribution >= 0.6 is 0 Å². The van der Waals surface area contributed by atoms with Gasteiger partial charge in [0.15, 0.2) is 5.78 Å². The van der Waals surface area contributed by atoms with Crippen LogP contribution in [0.5, 0.6) is 5.75 Å². The number of aryl methyl sites for hydroxylation is 2. The zero-order chi connectivity index (χ0) is 38.3. The Kier molecular flexibility index (Phi) is 13.0. The van der Waals surface area contributed by atoms with Crippen LogP contribution < -0.4 is 20.5 Å². The fourth-order valence-corrected chi connectivity index (χ4v) is 8.06. The highest BCUT2D eigenvalue weighted by Crippen LogP contribution is 2.61. The van der Waals surface area contributed by atoms with E-state index in [1.165, 1.54) is 49.8 Å². The van der Waals surface area contributed by atoms with Crippen LogP contribution in [0.2, 0.25) is 0 Å². The van der Waals surface area contributed by atoms with Crippen LogP contribution in [0.1, 0.15) is 83.1 Å². The molecule has 3 aliphatic carbocycles. The summed E-state index contributed by atoms with van der Waals surface area (Å²) < 4.78 is 20.9. The molecule has 1 aromatic heterocycles. The largest absolute Gasteiger partial charge is 0.497 e. The molecule has 4 fully saturated rings. The van der Waals surface area contributed by atoms with Gasteiger partial charge < -0.3 is 19.9 Å². The van der Waals surface area contributed by atoms with Crippen LogP contribution in [0.25, 0.3) is 10.9 Å². The van der Waals surface area contributed by atoms with Gasteiger partial charge in [-0.2, -0.15) is 0 Å². The Balaban J connectivity index is 0.000000350. The summed E-state index contributed by atoms with van der Waals surface area (Å²) in [5, 5.41) is 3.85. The van der Waals surface area contributed by atoms with Gasteiger partial charge in [-0.05, 0) is 103 Å². The number of nitrogens with one attached hydrogen (secondary N) is 1. The number of anilines is 2. The van der Waals surface area contributed by atoms with Crippen molar-refractivity contribution in [1.82, 2.24) is 14.5 Å². The summed E-state index contributed by atoms with van der Waals surface area (Å²) >= 11 is 0. The molecule has 0 spiro atoms. The quantitative estimate of drug-likeness (QED) is 0.173. The summed E-state index contributed by atoms with van der Waals surface area (Å²) in [6, 6.07) is 17.9. The smallest absolute Gasteiger partial charge is 0.261 e. The van der Waals surface area contributed by atoms with E-state index in [0.717, 1.165) is 61.1 Å². The average Bonchev–Trinajstić information content (AvgIpc) is 3.15. The number of ketones is 1. The number of benzene rings is 3. The van der Waals surface area contributed by atoms with Gasteiger partial charge in [0, 0.05) is 55.7 Å². The third-order valence-electron chi connectivity index (χ3n) is 11.5. The fourth-order valence-electron chi connectivity index (χ4n) is 8.06. The summed E-state index contributed by atoms with van der Waals surface area (Å²) in [6.07, 6.45) is 7.66. The fraction of sp³-hybridized carbons (Fsp3) is 0.477. The van der Waals surface area contributed by atoms with Crippen molar-refractivity contribution < 1.29 is 13.9 Å². The Bertz CT molecular complexity index is 1930. The summed E-state index contributed by atoms with van der Waals surface area (Å²) in [5.74, 6) is 4.09. The molecule has 2 bridgehead atoms. The Hall–Kier alpha value is -4.66. The molecule has 1 saturated heterocycles. The zero-order valence-electron chi connectivity index (χ0n) is 32.8. The number of rotatable bonds is 9. The lowest BCUT2D eigenvalue weighted by atomic mass is 9.46. The first-order chi connectivity index (χ1) is 25.4. The van der Waals surface area contributed by atoms with E-state index in [0.29, 0.717) is 46.2 Å². The number of nitrogens with zero attached hydrogens (tertiary/aromatic N) is 4. The maximum atomic E-state index is 14.3. The number of carbonyl (C=O) groups excluding carboxylic acids is 1. The molecule has 0 amide bonds. The first-order valence-corrected chi connectivity index (χ1v) is 19.2. The van der Waals surface area contributed by atoms with Crippen molar-refractivity contribution in [1.29, 1.82) is 0 Å². The van der Waals surface area contributed by atoms with Crippen molar-refractivity contribution in [3.63, 3.8) is 0 Å². The predicted octanol–water partition coefficient (Wildman–Crippen LogP) is 9.19. The predicted molar refractivity (Wildman–Crippen MR) is 215 cm³/mol. The van der Waals surface area contributed by atoms with Crippen LogP contribution in [0, 0.1) is 29.0 Å². The molecular formula is C44H58FN5O3. The van der Waals surface area contributed by atoms with E-state index in [2.05, 4.69) is 61.3 Å². The second-order valence-corrected chi connectivity index (χ2v) is 15.5. The van der Waals surface area contributed by atoms with E-state index in [4.69, 9.17) is 4.74 Å². The number of methoxy groups -OCH3 is 1. The van der Waals surface area contributed by atoms with Gasteiger partial charge in [-0.1, -0.05) is 60.1 Å². The van der Waals surface area contributed by atoms with Crippen molar-refractivity contribution in [3.8, 4) is 5.75 Å². The molecule has 3 unspecified atom stereocenters. The summed E-state index contributed by atoms with van der Waals surface area (Å²) in [6.45, 7) is 21.0. The standard InChI is InChI=1S/C31H32FN5O3.C10H18.C3H8/c1-21(38)23-4-8-26(9-5-23)36-16-14-35(15-17-36)22(2)34-25-7-11-28-30(18-25)33-20-37(31(28)39)13-12-24-6-10-27(40-3)19-29(24)32;1-7-4-5-8-6-9(7)10(8,2)3;1-3-2/h4-11,18-20,34H,2,12-17H2,1,3H3;7-9H,4-6H2,1-3H3;3H2,1-2H3. The minimum atomic E-state index is -0.359. The number of fused-ring (bicyclic) bond motifs is 3. The van der Waals surface area contributed by atoms with Crippen LogP contribution in [0.3, 0.4) is 0 Å². The van der Waals surface area contributed by atoms with Gasteiger partial charge in [0.2, 0.25) is 0 Å². The first kappa shape index (κ1) is 39.5. The van der Waals surface area contributed by atoms with Crippen LogP contribution in [-0.2, 0) is 13.0 Å². The molecule has 8 nitrogen and oxygen atoms in total. The highest BCUT2D eigenvalue weighted by Gasteiger charge is 2.52. The summed E-state index contributed by atoms with van der Waals surface area (Å²) in [5.41, 5.74) is 4.24. The number of hydrogen-bond donors (Lipinski definition) is 1. The zero-order valence-corrected chi connectivity index (χ0v) is 32.8. The van der Waals surface area contributed by atoms with E-state index in [-0.39, 0.29) is 17.2 Å². The minimum absolute atomic E-state index is 0.0645. The van der Waals surface area contributed by atoms with Crippen LogP contribution in [0.15, 0.2) is 84.2 Å². The van der Waals surface area contributed by atoms with E-state index in [1.54, 1.807) is 25.1 Å². The molecule has 53 heavy (non-hydrogen) atoms. The highest BCUT2D eigenvalue weighted by atomic mass is 19.1. The van der Waals surface area contributed by atoms with Crippen molar-refractivity contribution >= 4 is 28.1 Å². The van der Waals surface area contributed by atoms with Crippen molar-refractivity contribution in [2.24, 2.45) is 23.2 Å². The normalized spacial score (nSPS) is 19.9. The average molecular weight is 724 g/mol. The molecular weight excluding hydrogens is 666 g/mol. The number of hydrogen-bond acceptors (Lipinski definition) is 7. The van der Waals surface area contributed by atoms with Crippen molar-refractivity contribution in [3.05, 3.63) is 107 Å². The van der Waals surface area contributed by atoms with Gasteiger partial charge in [-0.15, -0.1) is 0 Å². The summed E-state index contributed by atoms with van der Waals surface area (Å²) in [4.78, 5) is 33.6. The van der Waals surface area contributed by atoms with Gasteiger partial charge >= 0.3 is 0 Å². The lowest BCUT2D eigenvalue weighted by Crippen LogP contribution is -2.51. The molecule has 9 heteroatoms. The van der Waals surface area contributed by atoms with E-state index >= 15 is 0 Å². The molecule has 4 aliphatic rings. The van der Waals surface area contributed by atoms with E-state index in [9.17, 15) is 14.0 Å². The molecule has 1 N–H and O–H groups in total. The number of Topliss-reactive ketones (excluding diaryl/α,β-unsaturated/α-hetero) is 1. The Morgan fingerprint density at radius 1 is 1.02 bits per heavy atom. The second-order valence-electron chi connectivity index (χ2n) is 15.5. The first-order valence-electron chi connectivity index (χ1n) is 19.2. The third-order valence-corrected chi connectivity index (χ3v) is 11.5. The Morgan fingerprint density at radius 2 is 1.72 bits per heavy atom. The molecule has 8 rings (SSSR count). The molecule has 1 aliphatic heterocycles. The van der Waals surface area contributed by atoms with Crippen LogP contribution in [0.4, 0.5) is 15.8 Å². The van der Waals surface area contributed by atoms with Crippen molar-refractivity contribution in [2.75, 3.05) is 43.5 Å². The van der Waals surface area contributed by atoms with Gasteiger partial charge in [0.1, 0.15) is 11.6 Å². The Labute approximate surface area is 315 Å². The SMILES string of the molecule is C=C(Nc1ccc2c(=O)n(CCc3ccc(OC)cc3F)cnc2c1)N1CCN(c2ccc(C(C)=O)cc2)CC1.CC1CCC2CC1C2(C)C.CCC. The molecule has 2 heterocycles. The lowest BCUT2D eigenvalue weighted by Gasteiger charge is -2.59. The molecule has 284 valence electrons. The lowest BCUT2D eigenvalue weighted by molar-refractivity contribution is -0.0988. The third kappa shape index (κ3) is 9.29. The summed E-state index contributed by atoms with van der Waals surface area (Å²) in [7, 11) is 1.49. The van der Waals surface area contributed by atoms with Crippen LogP contribution in [-0.4, -0.2) is 53.5 Å². The highest BCUT2D eigenvalue weighted by molar-refractivity contribution is 5.94. The maximum absolute atomic E-state index is 14.3.